The number of ether oxygens (including phenoxy) is 2. The van der Waals surface area contributed by atoms with E-state index >= 15 is 0 Å². The Balaban J connectivity index is 1.25. The van der Waals surface area contributed by atoms with Crippen LogP contribution in [0.2, 0.25) is 10.0 Å². The van der Waals surface area contributed by atoms with Crippen molar-refractivity contribution in [2.75, 3.05) is 25.6 Å². The van der Waals surface area contributed by atoms with Crippen molar-refractivity contribution in [3.8, 4) is 22.6 Å². The van der Waals surface area contributed by atoms with Gasteiger partial charge in [0.2, 0.25) is 0 Å². The van der Waals surface area contributed by atoms with Gasteiger partial charge in [0.05, 0.1) is 35.7 Å². The van der Waals surface area contributed by atoms with Crippen LogP contribution in [0.4, 0.5) is 10.1 Å². The summed E-state index contributed by atoms with van der Waals surface area (Å²) in [5.41, 5.74) is 5.58. The van der Waals surface area contributed by atoms with Crippen LogP contribution >= 0.6 is 23.2 Å². The fourth-order valence-electron chi connectivity index (χ4n) is 6.36. The van der Waals surface area contributed by atoms with Crippen LogP contribution in [0, 0.1) is 5.82 Å². The zero-order valence-corrected chi connectivity index (χ0v) is 27.1. The number of rotatable bonds is 9. The van der Waals surface area contributed by atoms with Crippen LogP contribution in [0.25, 0.3) is 11.1 Å². The van der Waals surface area contributed by atoms with Gasteiger partial charge in [0, 0.05) is 49.9 Å². The van der Waals surface area contributed by atoms with Crippen molar-refractivity contribution in [1.29, 1.82) is 0 Å². The Hall–Kier alpha value is -3.96. The lowest BCUT2D eigenvalue weighted by molar-refractivity contribution is 0.101. The molecule has 1 amide bonds. The zero-order chi connectivity index (χ0) is 32.7. The Kier molecular flexibility index (Phi) is 9.07. The van der Waals surface area contributed by atoms with E-state index < -0.39 is 11.9 Å². The minimum absolute atomic E-state index is 0.00882. The molecule has 0 bridgehead atoms. The predicted octanol–water partition coefficient (Wildman–Crippen LogP) is 6.41. The summed E-state index contributed by atoms with van der Waals surface area (Å²) in [6.45, 7) is 3.37. The Morgan fingerprint density at radius 3 is 2.67 bits per heavy atom. The number of aromatic nitrogens is 2. The number of methoxy groups -OCH3 is 1. The highest BCUT2D eigenvalue weighted by molar-refractivity contribution is 6.36. The quantitative estimate of drug-likeness (QED) is 0.199. The van der Waals surface area contributed by atoms with Crippen molar-refractivity contribution < 1.29 is 28.6 Å². The lowest BCUT2D eigenvalue weighted by atomic mass is 9.96. The molecule has 3 aromatic carbocycles. The van der Waals surface area contributed by atoms with Crippen LogP contribution < -0.4 is 14.8 Å². The fraction of sp³-hybridized carbons (Fsp3) is 0.324. The molecule has 0 fully saturated rings. The lowest BCUT2D eigenvalue weighted by Gasteiger charge is -2.30. The van der Waals surface area contributed by atoms with Crippen molar-refractivity contribution in [1.82, 2.24) is 14.5 Å². The first-order valence-corrected chi connectivity index (χ1v) is 15.7. The number of aldehydes is 1. The third kappa shape index (κ3) is 5.64. The maximum absolute atomic E-state index is 14.8. The van der Waals surface area contributed by atoms with E-state index in [4.69, 9.17) is 32.7 Å². The number of amides is 1. The number of hydrogen-bond donors (Lipinski definition) is 2. The normalized spacial score (nSPS) is 16.5. The molecule has 0 saturated carbocycles. The summed E-state index contributed by atoms with van der Waals surface area (Å²) in [6.07, 6.45) is 1.94. The number of hydrogen-bond acceptors (Lipinski definition) is 7. The van der Waals surface area contributed by atoms with Crippen LogP contribution in [-0.2, 0) is 26.4 Å². The molecule has 2 heterocycles. The zero-order valence-electron chi connectivity index (χ0n) is 25.6. The maximum Gasteiger partial charge on any atom is 0.291 e. The van der Waals surface area contributed by atoms with Gasteiger partial charge in [0.15, 0.2) is 17.9 Å². The van der Waals surface area contributed by atoms with Crippen molar-refractivity contribution in [2.45, 2.75) is 44.9 Å². The van der Waals surface area contributed by atoms with E-state index in [1.54, 1.807) is 6.07 Å². The molecule has 12 heteroatoms. The average Bonchev–Trinajstić information content (AvgIpc) is 3.63. The van der Waals surface area contributed by atoms with Crippen molar-refractivity contribution in [3.63, 3.8) is 0 Å². The highest BCUT2D eigenvalue weighted by Gasteiger charge is 2.31. The van der Waals surface area contributed by atoms with Gasteiger partial charge in [-0.1, -0.05) is 53.5 Å². The molecule has 4 aromatic rings. The van der Waals surface area contributed by atoms with E-state index in [0.29, 0.717) is 42.2 Å². The number of carbonyl (C=O) groups excluding carboxylic acids is 2. The van der Waals surface area contributed by atoms with E-state index in [9.17, 15) is 19.1 Å². The van der Waals surface area contributed by atoms with E-state index in [2.05, 4.69) is 15.2 Å². The smallest absolute Gasteiger partial charge is 0.291 e. The fourth-order valence-corrected chi connectivity index (χ4v) is 6.84. The molecule has 46 heavy (non-hydrogen) atoms. The highest BCUT2D eigenvalue weighted by Crippen LogP contribution is 2.45. The summed E-state index contributed by atoms with van der Waals surface area (Å²) < 4.78 is 28.0. The molecular weight excluding hydrogens is 634 g/mol. The second kappa shape index (κ2) is 13.0. The van der Waals surface area contributed by atoms with Crippen LogP contribution in [0.3, 0.4) is 0 Å². The van der Waals surface area contributed by atoms with Crippen LogP contribution in [0.15, 0.2) is 42.5 Å². The van der Waals surface area contributed by atoms with Gasteiger partial charge >= 0.3 is 0 Å². The molecule has 1 aliphatic heterocycles. The minimum atomic E-state index is -0.896. The molecule has 0 spiro atoms. The number of nitrogens with zero attached hydrogens (tertiary/aromatic N) is 3. The molecule has 2 unspecified atom stereocenters. The van der Waals surface area contributed by atoms with Crippen LogP contribution in [0.1, 0.15) is 62.9 Å². The number of anilines is 1. The number of aliphatic hydroxyl groups excluding tert-OH is 1. The van der Waals surface area contributed by atoms with Gasteiger partial charge in [0.1, 0.15) is 22.6 Å². The molecule has 240 valence electrons. The average molecular weight is 668 g/mol. The van der Waals surface area contributed by atoms with Crippen molar-refractivity contribution in [3.05, 3.63) is 92.2 Å². The molecule has 0 saturated heterocycles. The first-order chi connectivity index (χ1) is 22.2. The van der Waals surface area contributed by atoms with Crippen molar-refractivity contribution in [2.24, 2.45) is 7.05 Å². The summed E-state index contributed by atoms with van der Waals surface area (Å²) in [5, 5.41) is 12.6. The molecule has 2 N–H and O–H groups in total. The largest absolute Gasteiger partial charge is 0.496 e. The first-order valence-electron chi connectivity index (χ1n) is 15.0. The van der Waals surface area contributed by atoms with Gasteiger partial charge in [-0.2, -0.15) is 0 Å². The highest BCUT2D eigenvalue weighted by atomic mass is 35.5. The summed E-state index contributed by atoms with van der Waals surface area (Å²) in [4.78, 5) is 31.7. The van der Waals surface area contributed by atoms with Gasteiger partial charge in [-0.25, -0.2) is 9.37 Å². The number of carbonyl (C=O) groups is 2. The standard InChI is InChI=1S/C34H33Cl2FN4O5/c1-18(16-42)41-13-12-26-25(15-41)38-33(40(26)2)34(44)39-24-9-5-8-22(30(24)35)19-6-4-7-21-20(19)10-11-27(21)46-29-14-28(45-3)23(17-43)32(37)31(29)36/h4-9,14,17-18,27,42H,10-13,15-16H2,1-3H3,(H,39,44). The van der Waals surface area contributed by atoms with Crippen LogP contribution in [-0.4, -0.2) is 58.1 Å². The van der Waals surface area contributed by atoms with Gasteiger partial charge in [-0.05, 0) is 42.5 Å². The number of aliphatic hydroxyl groups is 1. The number of nitrogens with one attached hydrogen (secondary N) is 1. The first kappa shape index (κ1) is 32.0. The van der Waals surface area contributed by atoms with Crippen LogP contribution in [0.5, 0.6) is 11.5 Å². The number of imidazole rings is 1. The third-order valence-electron chi connectivity index (χ3n) is 8.91. The monoisotopic (exact) mass is 666 g/mol. The number of benzene rings is 3. The van der Waals surface area contributed by atoms with E-state index in [0.717, 1.165) is 46.6 Å². The number of halogens is 3. The second-order valence-corrected chi connectivity index (χ2v) is 12.3. The second-order valence-electron chi connectivity index (χ2n) is 11.5. The summed E-state index contributed by atoms with van der Waals surface area (Å²) in [7, 11) is 3.18. The Morgan fingerprint density at radius 2 is 1.93 bits per heavy atom. The van der Waals surface area contributed by atoms with Gasteiger partial charge in [0.25, 0.3) is 5.91 Å². The molecule has 6 rings (SSSR count). The predicted molar refractivity (Wildman–Crippen MR) is 174 cm³/mol. The van der Waals surface area contributed by atoms with E-state index in [1.165, 1.54) is 13.2 Å². The SMILES string of the molecule is COc1cc(OC2CCc3c(-c4cccc(NC(=O)c5nc6c(n5C)CCN(C(C)CO)C6)c4Cl)cccc32)c(Cl)c(F)c1C=O. The summed E-state index contributed by atoms with van der Waals surface area (Å²) in [5.74, 6) is -0.858. The molecule has 0 radical (unpaired) electrons. The van der Waals surface area contributed by atoms with Gasteiger partial charge < -0.3 is 24.5 Å². The molecule has 2 atom stereocenters. The Bertz CT molecular complexity index is 1840. The number of fused-ring (bicyclic) bond motifs is 2. The topological polar surface area (TPSA) is 106 Å². The molecule has 2 aliphatic rings. The molecule has 1 aromatic heterocycles. The van der Waals surface area contributed by atoms with Gasteiger partial charge in [-0.3, -0.25) is 14.5 Å². The molecule has 9 nitrogen and oxygen atoms in total. The van der Waals surface area contributed by atoms with Crippen molar-refractivity contribution >= 4 is 41.1 Å². The molecule has 1 aliphatic carbocycles. The van der Waals surface area contributed by atoms with Gasteiger partial charge in [-0.15, -0.1) is 0 Å². The summed E-state index contributed by atoms with van der Waals surface area (Å²) >= 11 is 13.2. The minimum Gasteiger partial charge on any atom is -0.496 e. The lowest BCUT2D eigenvalue weighted by Crippen LogP contribution is -2.39. The maximum atomic E-state index is 14.8. The third-order valence-corrected chi connectivity index (χ3v) is 9.67. The van der Waals surface area contributed by atoms with E-state index in [-0.39, 0.29) is 40.6 Å². The Morgan fingerprint density at radius 1 is 1.17 bits per heavy atom. The van der Waals surface area contributed by atoms with E-state index in [1.807, 2.05) is 48.9 Å². The molecular formula is C34H33Cl2FN4O5. The summed E-state index contributed by atoms with van der Waals surface area (Å²) in [6, 6.07) is 12.7. The Labute approximate surface area is 275 Å².